The molecule has 1 amide bonds. The van der Waals surface area contributed by atoms with E-state index in [1.54, 1.807) is 12.1 Å². The van der Waals surface area contributed by atoms with E-state index in [0.29, 0.717) is 25.3 Å². The fourth-order valence-electron chi connectivity index (χ4n) is 4.85. The van der Waals surface area contributed by atoms with Gasteiger partial charge in [-0.1, -0.05) is 48.5 Å². The molecule has 2 aliphatic rings. The molecule has 1 atom stereocenters. The Balaban J connectivity index is 1.20. The van der Waals surface area contributed by atoms with Gasteiger partial charge in [0, 0.05) is 51.4 Å². The van der Waals surface area contributed by atoms with Gasteiger partial charge in [-0.3, -0.25) is 9.69 Å². The van der Waals surface area contributed by atoms with Crippen LogP contribution in [0.5, 0.6) is 0 Å². The number of ether oxygens (including phenoxy) is 1. The monoisotopic (exact) mass is 493 g/mol. The lowest BCUT2D eigenvalue weighted by atomic mass is 10.0. The van der Waals surface area contributed by atoms with Crippen LogP contribution in [0.15, 0.2) is 71.6 Å². The standard InChI is InChI=1S/C27H31N3O4S/c31-27(22-8-4-11-25(18-22)35(32,33)28-19-24-10-5-17-34-24)30-15-13-29(14-16-30)20-23-9-3-7-21-6-1-2-12-26(21)23/h1-4,6-9,11-12,18,24,28H,5,10,13-17,19-20H2/t24-/m1/s1. The first-order valence-electron chi connectivity index (χ1n) is 12.2. The van der Waals surface area contributed by atoms with E-state index in [-0.39, 0.29) is 23.5 Å². The van der Waals surface area contributed by atoms with Crippen molar-refractivity contribution in [3.05, 3.63) is 77.9 Å². The van der Waals surface area contributed by atoms with Gasteiger partial charge in [0.15, 0.2) is 0 Å². The van der Waals surface area contributed by atoms with Crippen LogP contribution in [0.25, 0.3) is 10.8 Å². The summed E-state index contributed by atoms with van der Waals surface area (Å²) in [6.07, 6.45) is 1.72. The van der Waals surface area contributed by atoms with Gasteiger partial charge < -0.3 is 9.64 Å². The molecule has 2 aliphatic heterocycles. The van der Waals surface area contributed by atoms with Crippen molar-refractivity contribution in [3.63, 3.8) is 0 Å². The van der Waals surface area contributed by atoms with Crippen molar-refractivity contribution in [2.75, 3.05) is 39.3 Å². The van der Waals surface area contributed by atoms with Crippen LogP contribution in [-0.2, 0) is 21.3 Å². The zero-order valence-electron chi connectivity index (χ0n) is 19.7. The molecule has 8 heteroatoms. The first kappa shape index (κ1) is 23.9. The number of amides is 1. The van der Waals surface area contributed by atoms with Gasteiger partial charge in [0.05, 0.1) is 11.0 Å². The summed E-state index contributed by atoms with van der Waals surface area (Å²) < 4.78 is 33.6. The SMILES string of the molecule is O=C(c1cccc(S(=O)(=O)NC[C@H]2CCCO2)c1)N1CCN(Cc2cccc3ccccc23)CC1. The minimum absolute atomic E-state index is 0.0836. The predicted molar refractivity (Wildman–Crippen MR) is 136 cm³/mol. The van der Waals surface area contributed by atoms with Crippen LogP contribution in [-0.4, -0.2) is 69.6 Å². The Bertz CT molecular complexity index is 1290. The number of carbonyl (C=O) groups is 1. The van der Waals surface area contributed by atoms with E-state index in [1.165, 1.54) is 28.5 Å². The number of piperazine rings is 1. The van der Waals surface area contributed by atoms with Crippen LogP contribution in [0.3, 0.4) is 0 Å². The summed E-state index contributed by atoms with van der Waals surface area (Å²) >= 11 is 0. The largest absolute Gasteiger partial charge is 0.377 e. The summed E-state index contributed by atoms with van der Waals surface area (Å²) in [7, 11) is -3.70. The molecule has 0 spiro atoms. The molecule has 3 aromatic rings. The Morgan fingerprint density at radius 1 is 0.971 bits per heavy atom. The number of fused-ring (bicyclic) bond motifs is 1. The second-order valence-electron chi connectivity index (χ2n) is 9.22. The molecule has 0 aliphatic carbocycles. The maximum Gasteiger partial charge on any atom is 0.253 e. The Labute approximate surface area is 206 Å². The van der Waals surface area contributed by atoms with E-state index in [1.807, 2.05) is 4.90 Å². The van der Waals surface area contributed by atoms with Crippen molar-refractivity contribution in [1.82, 2.24) is 14.5 Å². The van der Waals surface area contributed by atoms with E-state index in [0.717, 1.165) is 32.5 Å². The molecule has 0 saturated carbocycles. The maximum atomic E-state index is 13.2. The molecule has 0 radical (unpaired) electrons. The van der Waals surface area contributed by atoms with Crippen molar-refractivity contribution in [1.29, 1.82) is 0 Å². The second kappa shape index (κ2) is 10.5. The summed E-state index contributed by atoms with van der Waals surface area (Å²) in [6, 6.07) is 21.1. The number of hydrogen-bond donors (Lipinski definition) is 1. The molecule has 0 unspecified atom stereocenters. The third-order valence-corrected chi connectivity index (χ3v) is 8.27. The van der Waals surface area contributed by atoms with E-state index < -0.39 is 10.0 Å². The predicted octanol–water partition coefficient (Wildman–Crippen LogP) is 3.26. The molecule has 2 heterocycles. The van der Waals surface area contributed by atoms with Crippen molar-refractivity contribution in [2.24, 2.45) is 0 Å². The smallest absolute Gasteiger partial charge is 0.253 e. The quantitative estimate of drug-likeness (QED) is 0.547. The third kappa shape index (κ3) is 5.56. The second-order valence-corrected chi connectivity index (χ2v) is 11.0. The van der Waals surface area contributed by atoms with Crippen molar-refractivity contribution in [2.45, 2.75) is 30.4 Å². The molecule has 2 fully saturated rings. The molecule has 1 N–H and O–H groups in total. The maximum absolute atomic E-state index is 13.2. The number of nitrogens with zero attached hydrogens (tertiary/aromatic N) is 2. The Hall–Kier alpha value is -2.78. The summed E-state index contributed by atoms with van der Waals surface area (Å²) in [6.45, 7) is 4.53. The van der Waals surface area contributed by atoms with Crippen molar-refractivity contribution >= 4 is 26.7 Å². The number of hydrogen-bond acceptors (Lipinski definition) is 5. The first-order chi connectivity index (χ1) is 17.0. The number of sulfonamides is 1. The molecule has 35 heavy (non-hydrogen) atoms. The Morgan fingerprint density at radius 3 is 2.54 bits per heavy atom. The van der Waals surface area contributed by atoms with Crippen LogP contribution in [0.4, 0.5) is 0 Å². The highest BCUT2D eigenvalue weighted by Gasteiger charge is 2.25. The molecule has 0 bridgehead atoms. The minimum Gasteiger partial charge on any atom is -0.377 e. The lowest BCUT2D eigenvalue weighted by Gasteiger charge is -2.35. The summed E-state index contributed by atoms with van der Waals surface area (Å²) in [4.78, 5) is 17.4. The van der Waals surface area contributed by atoms with Crippen LogP contribution < -0.4 is 4.72 Å². The van der Waals surface area contributed by atoms with Gasteiger partial charge in [-0.25, -0.2) is 13.1 Å². The van der Waals surface area contributed by atoms with Gasteiger partial charge in [0.25, 0.3) is 5.91 Å². The van der Waals surface area contributed by atoms with E-state index in [2.05, 4.69) is 52.1 Å². The van der Waals surface area contributed by atoms with Crippen LogP contribution >= 0.6 is 0 Å². The molecule has 0 aromatic heterocycles. The average molecular weight is 494 g/mol. The van der Waals surface area contributed by atoms with Gasteiger partial charge in [-0.05, 0) is 47.4 Å². The van der Waals surface area contributed by atoms with Gasteiger partial charge in [-0.15, -0.1) is 0 Å². The molecule has 3 aromatic carbocycles. The molecule has 7 nitrogen and oxygen atoms in total. The van der Waals surface area contributed by atoms with Crippen molar-refractivity contribution < 1.29 is 17.9 Å². The van der Waals surface area contributed by atoms with E-state index in [4.69, 9.17) is 4.74 Å². The molecular weight excluding hydrogens is 462 g/mol. The van der Waals surface area contributed by atoms with Gasteiger partial charge >= 0.3 is 0 Å². The normalized spacial score (nSPS) is 19.3. The zero-order chi connectivity index (χ0) is 24.3. The number of rotatable bonds is 7. The van der Waals surface area contributed by atoms with Crippen LogP contribution in [0, 0.1) is 0 Å². The highest BCUT2D eigenvalue weighted by Crippen LogP contribution is 2.21. The highest BCUT2D eigenvalue weighted by molar-refractivity contribution is 7.89. The zero-order valence-corrected chi connectivity index (χ0v) is 20.5. The summed E-state index contributed by atoms with van der Waals surface area (Å²) in [5.74, 6) is -0.133. The summed E-state index contributed by atoms with van der Waals surface area (Å²) in [5.41, 5.74) is 1.68. The fourth-order valence-corrected chi connectivity index (χ4v) is 5.96. The number of nitrogens with one attached hydrogen (secondary N) is 1. The molecule has 184 valence electrons. The summed E-state index contributed by atoms with van der Waals surface area (Å²) in [5, 5.41) is 2.50. The van der Waals surface area contributed by atoms with Crippen LogP contribution in [0.1, 0.15) is 28.8 Å². The number of carbonyl (C=O) groups excluding carboxylic acids is 1. The minimum atomic E-state index is -3.70. The van der Waals surface area contributed by atoms with Crippen LogP contribution in [0.2, 0.25) is 0 Å². The molecule has 5 rings (SSSR count). The van der Waals surface area contributed by atoms with E-state index >= 15 is 0 Å². The Morgan fingerprint density at radius 2 is 1.74 bits per heavy atom. The molecule has 2 saturated heterocycles. The van der Waals surface area contributed by atoms with Crippen molar-refractivity contribution in [3.8, 4) is 0 Å². The molecular formula is C27H31N3O4S. The topological polar surface area (TPSA) is 78.9 Å². The lowest BCUT2D eigenvalue weighted by Crippen LogP contribution is -2.48. The van der Waals surface area contributed by atoms with Gasteiger partial charge in [0.2, 0.25) is 10.0 Å². The third-order valence-electron chi connectivity index (χ3n) is 6.85. The van der Waals surface area contributed by atoms with E-state index in [9.17, 15) is 13.2 Å². The number of benzene rings is 3. The first-order valence-corrected chi connectivity index (χ1v) is 13.7. The fraction of sp³-hybridized carbons (Fsp3) is 0.370. The highest BCUT2D eigenvalue weighted by atomic mass is 32.2. The lowest BCUT2D eigenvalue weighted by molar-refractivity contribution is 0.0628. The van der Waals surface area contributed by atoms with Gasteiger partial charge in [0.1, 0.15) is 0 Å². The average Bonchev–Trinajstić information content (AvgIpc) is 3.42. The van der Waals surface area contributed by atoms with Gasteiger partial charge in [-0.2, -0.15) is 0 Å². The Kier molecular flexibility index (Phi) is 7.15.